The van der Waals surface area contributed by atoms with Gasteiger partial charge in [0.15, 0.2) is 5.58 Å². The molecule has 1 aromatic carbocycles. The van der Waals surface area contributed by atoms with Crippen LogP contribution >= 0.6 is 0 Å². The van der Waals surface area contributed by atoms with Crippen LogP contribution in [0.15, 0.2) is 58.7 Å². The van der Waals surface area contributed by atoms with E-state index < -0.39 is 6.23 Å². The first-order valence-electron chi connectivity index (χ1n) is 11.6. The zero-order valence-electron chi connectivity index (χ0n) is 20.0. The van der Waals surface area contributed by atoms with E-state index in [0.29, 0.717) is 29.1 Å². The molecule has 0 amide bonds. The molecule has 2 aliphatic rings. The molecule has 2 atom stereocenters. The fourth-order valence-corrected chi connectivity index (χ4v) is 4.39. The van der Waals surface area contributed by atoms with Gasteiger partial charge in [-0.25, -0.2) is 0 Å². The van der Waals surface area contributed by atoms with Gasteiger partial charge in [-0.1, -0.05) is 18.2 Å². The molecule has 180 valence electrons. The van der Waals surface area contributed by atoms with E-state index in [-0.39, 0.29) is 12.2 Å². The second-order valence-electron chi connectivity index (χ2n) is 9.03. The standard InChI is InChI=1S/C27H28N4O4/c1-31(2)27(32)17-4-6-21(24(11-17)33-3)25-12-22-26(35-25)20(8-9-30-22)16-5-7-23(18(10-16)13-28)34-19-14-29-15-19/h4-10,12,19,24,27,29,32H,11,14-15H2,1-3H3. The van der Waals surface area contributed by atoms with E-state index in [1.165, 1.54) is 0 Å². The Labute approximate surface area is 204 Å². The lowest BCUT2D eigenvalue weighted by Gasteiger charge is -2.28. The van der Waals surface area contributed by atoms with Crippen LogP contribution in [0.1, 0.15) is 17.7 Å². The van der Waals surface area contributed by atoms with Crippen LogP contribution in [-0.4, -0.2) is 67.7 Å². The van der Waals surface area contributed by atoms with Crippen molar-refractivity contribution in [2.24, 2.45) is 0 Å². The molecule has 8 heteroatoms. The number of aromatic nitrogens is 1. The highest BCUT2D eigenvalue weighted by molar-refractivity contribution is 5.92. The fourth-order valence-electron chi connectivity index (χ4n) is 4.39. The maximum absolute atomic E-state index is 10.4. The third-order valence-electron chi connectivity index (χ3n) is 6.50. The van der Waals surface area contributed by atoms with Crippen LogP contribution in [0.3, 0.4) is 0 Å². The molecule has 8 nitrogen and oxygen atoms in total. The number of pyridine rings is 1. The first kappa shape index (κ1) is 23.3. The van der Waals surface area contributed by atoms with Crippen molar-refractivity contribution in [3.8, 4) is 22.9 Å². The zero-order chi connectivity index (χ0) is 24.5. The summed E-state index contributed by atoms with van der Waals surface area (Å²) in [4.78, 5) is 6.25. The molecule has 0 radical (unpaired) electrons. The summed E-state index contributed by atoms with van der Waals surface area (Å²) in [6.45, 7) is 1.58. The smallest absolute Gasteiger partial charge is 0.161 e. The fraction of sp³-hybridized carbons (Fsp3) is 0.333. The number of allylic oxidation sites excluding steroid dienone is 2. The summed E-state index contributed by atoms with van der Waals surface area (Å²) < 4.78 is 18.0. The number of nitrogens with one attached hydrogen (secondary N) is 1. The molecule has 1 saturated heterocycles. The van der Waals surface area contributed by atoms with Crippen LogP contribution in [0.5, 0.6) is 5.75 Å². The summed E-state index contributed by atoms with van der Waals surface area (Å²) >= 11 is 0. The highest BCUT2D eigenvalue weighted by Crippen LogP contribution is 2.37. The largest absolute Gasteiger partial charge is 0.486 e. The minimum Gasteiger partial charge on any atom is -0.486 e. The topological polar surface area (TPSA) is 104 Å². The van der Waals surface area contributed by atoms with Gasteiger partial charge in [-0.05, 0) is 43.4 Å². The highest BCUT2D eigenvalue weighted by atomic mass is 16.5. The van der Waals surface area contributed by atoms with Gasteiger partial charge in [0.2, 0.25) is 0 Å². The van der Waals surface area contributed by atoms with Crippen LogP contribution in [0.4, 0.5) is 0 Å². The Morgan fingerprint density at radius 2 is 2.06 bits per heavy atom. The van der Waals surface area contributed by atoms with Crippen LogP contribution in [0, 0.1) is 11.3 Å². The molecule has 35 heavy (non-hydrogen) atoms. The molecule has 2 N–H and O–H groups in total. The summed E-state index contributed by atoms with van der Waals surface area (Å²) in [6.07, 6.45) is 5.33. The third kappa shape index (κ3) is 4.47. The van der Waals surface area contributed by atoms with Gasteiger partial charge in [-0.15, -0.1) is 0 Å². The lowest BCUT2D eigenvalue weighted by atomic mass is 9.92. The maximum atomic E-state index is 10.4. The van der Waals surface area contributed by atoms with Crippen molar-refractivity contribution in [2.45, 2.75) is 24.9 Å². The van der Waals surface area contributed by atoms with Crippen molar-refractivity contribution in [1.29, 1.82) is 5.26 Å². The number of nitrogens with zero attached hydrogens (tertiary/aromatic N) is 3. The van der Waals surface area contributed by atoms with Gasteiger partial charge >= 0.3 is 0 Å². The third-order valence-corrected chi connectivity index (χ3v) is 6.50. The van der Waals surface area contributed by atoms with Crippen molar-refractivity contribution in [3.63, 3.8) is 0 Å². The van der Waals surface area contributed by atoms with E-state index in [1.54, 1.807) is 18.2 Å². The maximum Gasteiger partial charge on any atom is 0.161 e. The summed E-state index contributed by atoms with van der Waals surface area (Å²) in [7, 11) is 5.32. The number of likely N-dealkylation sites (N-methyl/N-ethyl adjacent to an activating group) is 1. The van der Waals surface area contributed by atoms with E-state index in [1.807, 2.05) is 56.6 Å². The second kappa shape index (κ2) is 9.64. The molecular formula is C27H28N4O4. The molecule has 0 saturated carbocycles. The summed E-state index contributed by atoms with van der Waals surface area (Å²) in [5.41, 5.74) is 5.31. The molecule has 3 heterocycles. The number of hydrogen-bond donors (Lipinski definition) is 2. The number of aliphatic hydroxyl groups excluding tert-OH is 1. The Morgan fingerprint density at radius 1 is 1.23 bits per heavy atom. The lowest BCUT2D eigenvalue weighted by Crippen LogP contribution is -2.50. The predicted octanol–water partition coefficient (Wildman–Crippen LogP) is 3.33. The highest BCUT2D eigenvalue weighted by Gasteiger charge is 2.27. The van der Waals surface area contributed by atoms with Crippen LogP contribution < -0.4 is 10.1 Å². The minimum atomic E-state index is -0.670. The number of methoxy groups -OCH3 is 1. The van der Waals surface area contributed by atoms with Crippen molar-refractivity contribution in [3.05, 3.63) is 65.6 Å². The number of benzene rings is 1. The van der Waals surface area contributed by atoms with Crippen molar-refractivity contribution < 1.29 is 19.0 Å². The Balaban J connectivity index is 1.51. The number of aliphatic hydroxyl groups is 1. The van der Waals surface area contributed by atoms with Crippen LogP contribution in [0.25, 0.3) is 27.8 Å². The lowest BCUT2D eigenvalue weighted by molar-refractivity contribution is 0.0600. The van der Waals surface area contributed by atoms with Crippen LogP contribution in [-0.2, 0) is 4.74 Å². The van der Waals surface area contributed by atoms with E-state index in [4.69, 9.17) is 13.9 Å². The monoisotopic (exact) mass is 472 g/mol. The quantitative estimate of drug-likeness (QED) is 0.505. The van der Waals surface area contributed by atoms with Gasteiger partial charge in [-0.2, -0.15) is 5.26 Å². The molecule has 5 rings (SSSR count). The van der Waals surface area contributed by atoms with Crippen molar-refractivity contribution in [2.75, 3.05) is 34.3 Å². The zero-order valence-corrected chi connectivity index (χ0v) is 20.0. The molecule has 3 aromatic rings. The number of ether oxygens (including phenoxy) is 2. The van der Waals surface area contributed by atoms with E-state index in [2.05, 4.69) is 16.4 Å². The van der Waals surface area contributed by atoms with Crippen molar-refractivity contribution in [1.82, 2.24) is 15.2 Å². The van der Waals surface area contributed by atoms with Crippen LogP contribution in [0.2, 0.25) is 0 Å². The summed E-state index contributed by atoms with van der Waals surface area (Å²) in [5, 5.41) is 23.3. The Morgan fingerprint density at radius 3 is 2.74 bits per heavy atom. The van der Waals surface area contributed by atoms with Gasteiger partial charge < -0.3 is 24.3 Å². The van der Waals surface area contributed by atoms with Gasteiger partial charge in [0.1, 0.15) is 35.4 Å². The number of fused-ring (bicyclic) bond motifs is 1. The molecule has 1 aliphatic carbocycles. The minimum absolute atomic E-state index is 0.0964. The molecule has 0 spiro atoms. The first-order chi connectivity index (χ1) is 17.0. The van der Waals surface area contributed by atoms with Gasteiger partial charge in [0.05, 0.1) is 11.7 Å². The molecule has 2 aromatic heterocycles. The van der Waals surface area contributed by atoms with Gasteiger partial charge in [0, 0.05) is 50.0 Å². The Kier molecular flexibility index (Phi) is 6.41. The number of nitriles is 1. The molecule has 0 bridgehead atoms. The SMILES string of the molecule is COC1CC(C(O)N(C)C)=CC=C1c1cc2nccc(-c3ccc(OC4CNC4)c(C#N)c3)c2o1. The van der Waals surface area contributed by atoms with Gasteiger partial charge in [-0.3, -0.25) is 9.88 Å². The van der Waals surface area contributed by atoms with E-state index in [9.17, 15) is 10.4 Å². The number of hydrogen-bond acceptors (Lipinski definition) is 8. The summed E-state index contributed by atoms with van der Waals surface area (Å²) in [5.74, 6) is 1.25. The van der Waals surface area contributed by atoms with Crippen molar-refractivity contribution >= 4 is 16.7 Å². The average molecular weight is 473 g/mol. The normalized spacial score (nSPS) is 19.1. The number of furan rings is 1. The molecule has 1 fully saturated rings. The van der Waals surface area contributed by atoms with E-state index >= 15 is 0 Å². The van der Waals surface area contributed by atoms with E-state index in [0.717, 1.165) is 40.9 Å². The molecule has 2 unspecified atom stereocenters. The molecule has 1 aliphatic heterocycles. The Hall–Kier alpha value is -3.48. The van der Waals surface area contributed by atoms with Gasteiger partial charge in [0.25, 0.3) is 0 Å². The summed E-state index contributed by atoms with van der Waals surface area (Å²) in [6, 6.07) is 11.7. The molecular weight excluding hydrogens is 444 g/mol. The number of rotatable bonds is 7. The average Bonchev–Trinajstić information content (AvgIpc) is 3.29. The Bertz CT molecular complexity index is 1350. The first-order valence-corrected chi connectivity index (χ1v) is 11.6. The predicted molar refractivity (Wildman–Crippen MR) is 133 cm³/mol. The second-order valence-corrected chi connectivity index (χ2v) is 9.03.